The molecule has 0 saturated heterocycles. The Labute approximate surface area is 181 Å². The number of hydrogen-bond acceptors (Lipinski definition) is 3. The monoisotopic (exact) mass is 514 g/mol. The minimum Gasteiger partial charge on any atom is -0.352 e. The smallest absolute Gasteiger partial charge is 0.240 e. The normalized spacial score (nSPS) is 13.0. The fraction of sp³-hybridized carbons (Fsp3) is 0.381. The first-order valence-corrected chi connectivity index (χ1v) is 12.0. The van der Waals surface area contributed by atoms with Crippen molar-refractivity contribution in [3.63, 3.8) is 0 Å². The second kappa shape index (κ2) is 9.26. The van der Waals surface area contributed by atoms with Gasteiger partial charge in [0.05, 0.1) is 11.9 Å². The van der Waals surface area contributed by atoms with Crippen molar-refractivity contribution in [2.75, 3.05) is 17.1 Å². The highest BCUT2D eigenvalue weighted by Gasteiger charge is 2.26. The largest absolute Gasteiger partial charge is 0.352 e. The van der Waals surface area contributed by atoms with Crippen LogP contribution in [0.3, 0.4) is 0 Å². The lowest BCUT2D eigenvalue weighted by Crippen LogP contribution is -2.44. The molecule has 0 aliphatic heterocycles. The average Bonchev–Trinajstić information content (AvgIpc) is 2.60. The van der Waals surface area contributed by atoms with Gasteiger partial charge in [0.25, 0.3) is 0 Å². The maximum Gasteiger partial charge on any atom is 0.240 e. The number of anilines is 1. The predicted molar refractivity (Wildman–Crippen MR) is 123 cm³/mol. The Morgan fingerprint density at radius 3 is 2.21 bits per heavy atom. The molecule has 2 aromatic rings. The Morgan fingerprint density at radius 2 is 1.68 bits per heavy atom. The second-order valence-corrected chi connectivity index (χ2v) is 10.8. The number of nitrogens with one attached hydrogen (secondary N) is 1. The number of sulfonamides is 1. The molecule has 7 heteroatoms. The molecule has 0 saturated carbocycles. The van der Waals surface area contributed by atoms with Crippen LogP contribution in [0.5, 0.6) is 0 Å². The Bertz CT molecular complexity index is 897. The van der Waals surface area contributed by atoms with E-state index in [2.05, 4.69) is 53.9 Å². The Kier molecular flexibility index (Phi) is 7.50. The zero-order valence-electron chi connectivity index (χ0n) is 16.6. The molecule has 0 aliphatic rings. The topological polar surface area (TPSA) is 66.5 Å². The van der Waals surface area contributed by atoms with E-state index in [0.29, 0.717) is 5.69 Å². The van der Waals surface area contributed by atoms with Crippen LogP contribution in [-0.4, -0.2) is 33.2 Å². The standard InChI is InChI=1S/C21H27IN2O3S/c1-16(14-21(2,3)17-8-6-5-7-9-17)23-20(25)15-24(28(4,26)27)19-12-10-18(22)11-13-19/h5-13,16H,14-15H2,1-4H3,(H,23,25). The van der Waals surface area contributed by atoms with Gasteiger partial charge < -0.3 is 5.32 Å². The molecule has 28 heavy (non-hydrogen) atoms. The van der Waals surface area contributed by atoms with Gasteiger partial charge in [-0.05, 0) is 71.2 Å². The van der Waals surface area contributed by atoms with Crippen LogP contribution in [0.4, 0.5) is 5.69 Å². The van der Waals surface area contributed by atoms with Gasteiger partial charge in [-0.25, -0.2) is 8.42 Å². The summed E-state index contributed by atoms with van der Waals surface area (Å²) in [4.78, 5) is 12.6. The van der Waals surface area contributed by atoms with Crippen molar-refractivity contribution >= 4 is 44.2 Å². The van der Waals surface area contributed by atoms with Gasteiger partial charge in [-0.3, -0.25) is 9.10 Å². The van der Waals surface area contributed by atoms with Crippen LogP contribution in [0, 0.1) is 3.57 Å². The quantitative estimate of drug-likeness (QED) is 0.543. The van der Waals surface area contributed by atoms with Crippen molar-refractivity contribution < 1.29 is 13.2 Å². The summed E-state index contributed by atoms with van der Waals surface area (Å²) >= 11 is 2.15. The molecule has 2 aromatic carbocycles. The van der Waals surface area contributed by atoms with E-state index < -0.39 is 10.0 Å². The molecule has 5 nitrogen and oxygen atoms in total. The third-order valence-corrected chi connectivity index (χ3v) is 6.44. The highest BCUT2D eigenvalue weighted by molar-refractivity contribution is 14.1. The molecule has 1 N–H and O–H groups in total. The lowest BCUT2D eigenvalue weighted by atomic mass is 9.79. The second-order valence-electron chi connectivity index (χ2n) is 7.67. The summed E-state index contributed by atoms with van der Waals surface area (Å²) in [5.74, 6) is -0.319. The molecule has 152 valence electrons. The summed E-state index contributed by atoms with van der Waals surface area (Å²) in [6.07, 6.45) is 1.85. The number of benzene rings is 2. The Hall–Kier alpha value is -1.61. The number of rotatable bonds is 8. The number of amides is 1. The van der Waals surface area contributed by atoms with Crippen LogP contribution in [0.15, 0.2) is 54.6 Å². The van der Waals surface area contributed by atoms with Crippen molar-refractivity contribution in [3.8, 4) is 0 Å². The zero-order chi connectivity index (χ0) is 20.9. The van der Waals surface area contributed by atoms with Gasteiger partial charge in [-0.1, -0.05) is 44.2 Å². The van der Waals surface area contributed by atoms with Crippen molar-refractivity contribution in [3.05, 3.63) is 63.7 Å². The van der Waals surface area contributed by atoms with Gasteiger partial charge >= 0.3 is 0 Å². The first kappa shape index (κ1) is 22.7. The summed E-state index contributed by atoms with van der Waals surface area (Å²) in [5.41, 5.74) is 1.57. The molecular formula is C21H27IN2O3S. The zero-order valence-corrected chi connectivity index (χ0v) is 19.6. The lowest BCUT2D eigenvalue weighted by molar-refractivity contribution is -0.120. The molecule has 0 radical (unpaired) electrons. The highest BCUT2D eigenvalue weighted by atomic mass is 127. The first-order valence-electron chi connectivity index (χ1n) is 9.07. The van der Waals surface area contributed by atoms with Crippen molar-refractivity contribution in [1.82, 2.24) is 5.32 Å². The molecule has 2 rings (SSSR count). The van der Waals surface area contributed by atoms with Gasteiger partial charge in [-0.15, -0.1) is 0 Å². The summed E-state index contributed by atoms with van der Waals surface area (Å²) in [7, 11) is -3.57. The molecule has 0 aromatic heterocycles. The molecule has 1 unspecified atom stereocenters. The van der Waals surface area contributed by atoms with E-state index in [1.807, 2.05) is 37.3 Å². The molecule has 0 bridgehead atoms. The highest BCUT2D eigenvalue weighted by Crippen LogP contribution is 2.28. The van der Waals surface area contributed by atoms with Crippen LogP contribution in [0.1, 0.15) is 32.8 Å². The SMILES string of the molecule is CC(CC(C)(C)c1ccccc1)NC(=O)CN(c1ccc(I)cc1)S(C)(=O)=O. The fourth-order valence-electron chi connectivity index (χ4n) is 3.28. The fourth-order valence-corrected chi connectivity index (χ4v) is 4.50. The molecule has 1 atom stereocenters. The molecular weight excluding hydrogens is 487 g/mol. The summed E-state index contributed by atoms with van der Waals surface area (Å²) in [5, 5.41) is 2.94. The summed E-state index contributed by atoms with van der Waals surface area (Å²) < 4.78 is 26.5. The van der Waals surface area contributed by atoms with Crippen molar-refractivity contribution in [2.45, 2.75) is 38.6 Å². The average molecular weight is 514 g/mol. The lowest BCUT2D eigenvalue weighted by Gasteiger charge is -2.30. The third kappa shape index (κ3) is 6.48. The van der Waals surface area contributed by atoms with E-state index in [0.717, 1.165) is 20.6 Å². The van der Waals surface area contributed by atoms with Crippen LogP contribution in [-0.2, 0) is 20.2 Å². The van der Waals surface area contributed by atoms with Crippen LogP contribution < -0.4 is 9.62 Å². The minimum absolute atomic E-state index is 0.0964. The van der Waals surface area contributed by atoms with Gasteiger partial charge in [0.1, 0.15) is 6.54 Å². The number of hydrogen-bond donors (Lipinski definition) is 1. The Morgan fingerprint density at radius 1 is 1.11 bits per heavy atom. The van der Waals surface area contributed by atoms with E-state index in [1.54, 1.807) is 12.1 Å². The van der Waals surface area contributed by atoms with Gasteiger partial charge in [-0.2, -0.15) is 0 Å². The van der Waals surface area contributed by atoms with Gasteiger partial charge in [0.2, 0.25) is 15.9 Å². The number of halogens is 1. The molecule has 0 heterocycles. The molecule has 0 fully saturated rings. The minimum atomic E-state index is -3.57. The third-order valence-electron chi connectivity index (χ3n) is 4.58. The molecule has 0 aliphatic carbocycles. The number of carbonyl (C=O) groups is 1. The Balaban J connectivity index is 2.05. The first-order chi connectivity index (χ1) is 13.0. The summed E-state index contributed by atoms with van der Waals surface area (Å²) in [6, 6.07) is 17.1. The van der Waals surface area contributed by atoms with E-state index in [4.69, 9.17) is 0 Å². The van der Waals surface area contributed by atoms with Crippen molar-refractivity contribution in [1.29, 1.82) is 0 Å². The van der Waals surface area contributed by atoms with E-state index in [1.165, 1.54) is 5.56 Å². The number of nitrogens with zero attached hydrogens (tertiary/aromatic N) is 1. The van der Waals surface area contributed by atoms with E-state index in [-0.39, 0.29) is 23.9 Å². The maximum atomic E-state index is 12.6. The van der Waals surface area contributed by atoms with Gasteiger partial charge in [0.15, 0.2) is 0 Å². The van der Waals surface area contributed by atoms with E-state index in [9.17, 15) is 13.2 Å². The predicted octanol–water partition coefficient (Wildman–Crippen LogP) is 3.93. The van der Waals surface area contributed by atoms with Crippen LogP contribution >= 0.6 is 22.6 Å². The van der Waals surface area contributed by atoms with Crippen LogP contribution in [0.2, 0.25) is 0 Å². The van der Waals surface area contributed by atoms with Gasteiger partial charge in [0, 0.05) is 9.61 Å². The molecule has 1 amide bonds. The molecule has 0 spiro atoms. The number of carbonyl (C=O) groups excluding carboxylic acids is 1. The van der Waals surface area contributed by atoms with Crippen LogP contribution in [0.25, 0.3) is 0 Å². The van der Waals surface area contributed by atoms with Crippen molar-refractivity contribution in [2.24, 2.45) is 0 Å². The maximum absolute atomic E-state index is 12.6. The van der Waals surface area contributed by atoms with E-state index >= 15 is 0 Å². The summed E-state index contributed by atoms with van der Waals surface area (Å²) in [6.45, 7) is 5.98.